The molecule has 0 amide bonds. The number of benzene rings is 2. The molecule has 1 heterocycles. The van der Waals surface area contributed by atoms with Crippen molar-refractivity contribution in [3.63, 3.8) is 0 Å². The van der Waals surface area contributed by atoms with E-state index in [-0.39, 0.29) is 0 Å². The lowest BCUT2D eigenvalue weighted by Crippen LogP contribution is -2.04. The number of aromatic amines is 1. The zero-order valence-corrected chi connectivity index (χ0v) is 11.9. The molecule has 3 aromatic rings. The first kappa shape index (κ1) is 14.3. The standard InChI is InChI=1S/C15H8Cl2F3N/c16-12-4-1-8(5-13(12)17)11-7-21-14-6-9(15(18,19)20)2-3-10(11)14/h1-7,21H. The van der Waals surface area contributed by atoms with Gasteiger partial charge in [0.1, 0.15) is 0 Å². The Balaban J connectivity index is 2.14. The van der Waals surface area contributed by atoms with E-state index < -0.39 is 11.7 Å². The Bertz CT molecular complexity index is 821. The van der Waals surface area contributed by atoms with Crippen LogP contribution in [0.5, 0.6) is 0 Å². The van der Waals surface area contributed by atoms with Crippen LogP contribution in [0.2, 0.25) is 10.0 Å². The van der Waals surface area contributed by atoms with Gasteiger partial charge in [0, 0.05) is 22.7 Å². The summed E-state index contributed by atoms with van der Waals surface area (Å²) in [7, 11) is 0. The lowest BCUT2D eigenvalue weighted by Gasteiger charge is -2.07. The number of hydrogen-bond acceptors (Lipinski definition) is 0. The third-order valence-electron chi connectivity index (χ3n) is 3.24. The maximum atomic E-state index is 12.7. The number of fused-ring (bicyclic) bond motifs is 1. The molecule has 6 heteroatoms. The summed E-state index contributed by atoms with van der Waals surface area (Å²) < 4.78 is 38.1. The molecule has 108 valence electrons. The predicted molar refractivity (Wildman–Crippen MR) is 78.8 cm³/mol. The molecule has 0 aliphatic carbocycles. The van der Waals surface area contributed by atoms with Crippen LogP contribution in [0, 0.1) is 0 Å². The van der Waals surface area contributed by atoms with Gasteiger partial charge >= 0.3 is 6.18 Å². The molecule has 1 aromatic heterocycles. The van der Waals surface area contributed by atoms with Gasteiger partial charge < -0.3 is 4.98 Å². The zero-order chi connectivity index (χ0) is 15.2. The van der Waals surface area contributed by atoms with Gasteiger partial charge in [-0.05, 0) is 29.8 Å². The second kappa shape index (κ2) is 4.97. The summed E-state index contributed by atoms with van der Waals surface area (Å²) in [5.41, 5.74) is 1.30. The SMILES string of the molecule is FC(F)(F)c1ccc2c(-c3ccc(Cl)c(Cl)c3)c[nH]c2c1. The van der Waals surface area contributed by atoms with E-state index in [2.05, 4.69) is 4.98 Å². The lowest BCUT2D eigenvalue weighted by atomic mass is 10.0. The molecular weight excluding hydrogens is 322 g/mol. The highest BCUT2D eigenvalue weighted by molar-refractivity contribution is 6.42. The van der Waals surface area contributed by atoms with Crippen LogP contribution < -0.4 is 0 Å². The second-order valence-corrected chi connectivity index (χ2v) is 5.40. The smallest absolute Gasteiger partial charge is 0.361 e. The number of nitrogens with one attached hydrogen (secondary N) is 1. The number of rotatable bonds is 1. The maximum absolute atomic E-state index is 12.7. The summed E-state index contributed by atoms with van der Waals surface area (Å²) in [6, 6.07) is 8.72. The van der Waals surface area contributed by atoms with Crippen molar-refractivity contribution >= 4 is 34.1 Å². The van der Waals surface area contributed by atoms with Crippen molar-refractivity contribution < 1.29 is 13.2 Å². The molecule has 0 saturated heterocycles. The molecule has 1 N–H and O–H groups in total. The van der Waals surface area contributed by atoms with Crippen LogP contribution in [0.25, 0.3) is 22.0 Å². The van der Waals surface area contributed by atoms with E-state index in [9.17, 15) is 13.2 Å². The number of halogens is 5. The fourth-order valence-corrected chi connectivity index (χ4v) is 2.50. The Hall–Kier alpha value is -1.65. The van der Waals surface area contributed by atoms with Gasteiger partial charge in [0.25, 0.3) is 0 Å². The highest BCUT2D eigenvalue weighted by Gasteiger charge is 2.30. The van der Waals surface area contributed by atoms with Gasteiger partial charge in [0.05, 0.1) is 15.6 Å². The van der Waals surface area contributed by atoms with Crippen molar-refractivity contribution in [1.29, 1.82) is 0 Å². The van der Waals surface area contributed by atoms with E-state index in [4.69, 9.17) is 23.2 Å². The normalized spacial score (nSPS) is 12.0. The van der Waals surface area contributed by atoms with E-state index in [0.29, 0.717) is 20.9 Å². The lowest BCUT2D eigenvalue weighted by molar-refractivity contribution is -0.137. The van der Waals surface area contributed by atoms with Crippen LogP contribution in [-0.2, 0) is 6.18 Å². The van der Waals surface area contributed by atoms with Gasteiger partial charge in [0.15, 0.2) is 0 Å². The molecule has 0 spiro atoms. The van der Waals surface area contributed by atoms with Gasteiger partial charge in [-0.3, -0.25) is 0 Å². The number of H-pyrrole nitrogens is 1. The number of hydrogen-bond donors (Lipinski definition) is 1. The van der Waals surface area contributed by atoms with Crippen molar-refractivity contribution in [2.75, 3.05) is 0 Å². The minimum absolute atomic E-state index is 0.399. The Morgan fingerprint density at radius 3 is 2.33 bits per heavy atom. The first-order valence-corrected chi connectivity index (χ1v) is 6.75. The molecule has 0 bridgehead atoms. The summed E-state index contributed by atoms with van der Waals surface area (Å²) in [6.45, 7) is 0. The number of alkyl halides is 3. The summed E-state index contributed by atoms with van der Waals surface area (Å²) >= 11 is 11.8. The molecule has 0 unspecified atom stereocenters. The largest absolute Gasteiger partial charge is 0.416 e. The Kier molecular flexibility index (Phi) is 3.38. The van der Waals surface area contributed by atoms with E-state index >= 15 is 0 Å². The van der Waals surface area contributed by atoms with Gasteiger partial charge in [0.2, 0.25) is 0 Å². The summed E-state index contributed by atoms with van der Waals surface area (Å²) in [5, 5.41) is 1.52. The Morgan fingerprint density at radius 1 is 0.905 bits per heavy atom. The number of aromatic nitrogens is 1. The Labute approximate surface area is 128 Å². The van der Waals surface area contributed by atoms with Crippen LogP contribution >= 0.6 is 23.2 Å². The van der Waals surface area contributed by atoms with Crippen LogP contribution in [0.1, 0.15) is 5.56 Å². The fraction of sp³-hybridized carbons (Fsp3) is 0.0667. The summed E-state index contributed by atoms with van der Waals surface area (Å²) in [4.78, 5) is 2.86. The molecule has 1 nitrogen and oxygen atoms in total. The molecule has 21 heavy (non-hydrogen) atoms. The van der Waals surface area contributed by atoms with Crippen molar-refractivity contribution in [3.05, 3.63) is 58.2 Å². The monoisotopic (exact) mass is 329 g/mol. The molecule has 3 rings (SSSR count). The van der Waals surface area contributed by atoms with Gasteiger partial charge in [-0.2, -0.15) is 13.2 Å². The van der Waals surface area contributed by atoms with Crippen molar-refractivity contribution in [2.24, 2.45) is 0 Å². The van der Waals surface area contributed by atoms with Crippen LogP contribution in [0.4, 0.5) is 13.2 Å². The molecule has 0 saturated carbocycles. The molecule has 0 fully saturated rings. The topological polar surface area (TPSA) is 15.8 Å². The third kappa shape index (κ3) is 2.61. The fourth-order valence-electron chi connectivity index (χ4n) is 2.21. The zero-order valence-electron chi connectivity index (χ0n) is 10.4. The van der Waals surface area contributed by atoms with Crippen LogP contribution in [0.3, 0.4) is 0 Å². The molecular formula is C15H8Cl2F3N. The first-order valence-electron chi connectivity index (χ1n) is 6.00. The third-order valence-corrected chi connectivity index (χ3v) is 3.98. The van der Waals surface area contributed by atoms with Crippen molar-refractivity contribution in [2.45, 2.75) is 6.18 Å². The molecule has 0 radical (unpaired) electrons. The minimum Gasteiger partial charge on any atom is -0.361 e. The summed E-state index contributed by atoms with van der Waals surface area (Å²) in [6.07, 6.45) is -2.70. The van der Waals surface area contributed by atoms with Crippen molar-refractivity contribution in [3.8, 4) is 11.1 Å². The van der Waals surface area contributed by atoms with Crippen molar-refractivity contribution in [1.82, 2.24) is 4.98 Å². The van der Waals surface area contributed by atoms with E-state index in [1.807, 2.05) is 0 Å². The Morgan fingerprint density at radius 2 is 1.67 bits per heavy atom. The average molecular weight is 330 g/mol. The average Bonchev–Trinajstić information content (AvgIpc) is 2.84. The quantitative estimate of drug-likeness (QED) is 0.550. The molecule has 0 aliphatic rings. The molecule has 2 aromatic carbocycles. The summed E-state index contributed by atoms with van der Waals surface area (Å²) in [5.74, 6) is 0. The van der Waals surface area contributed by atoms with E-state index in [1.165, 1.54) is 6.07 Å². The van der Waals surface area contributed by atoms with Crippen LogP contribution in [-0.4, -0.2) is 4.98 Å². The highest BCUT2D eigenvalue weighted by Crippen LogP contribution is 2.36. The van der Waals surface area contributed by atoms with E-state index in [1.54, 1.807) is 24.4 Å². The second-order valence-electron chi connectivity index (χ2n) is 4.59. The minimum atomic E-state index is -4.36. The van der Waals surface area contributed by atoms with Crippen LogP contribution in [0.15, 0.2) is 42.6 Å². The van der Waals surface area contributed by atoms with E-state index in [0.717, 1.165) is 23.3 Å². The maximum Gasteiger partial charge on any atom is 0.416 e. The predicted octanol–water partition coefficient (Wildman–Crippen LogP) is 6.16. The highest BCUT2D eigenvalue weighted by atomic mass is 35.5. The first-order chi connectivity index (χ1) is 9.86. The van der Waals surface area contributed by atoms with Gasteiger partial charge in [-0.1, -0.05) is 35.3 Å². The molecule has 0 atom stereocenters. The molecule has 0 aliphatic heterocycles. The van der Waals surface area contributed by atoms with Gasteiger partial charge in [-0.15, -0.1) is 0 Å². The van der Waals surface area contributed by atoms with Gasteiger partial charge in [-0.25, -0.2) is 0 Å².